The van der Waals surface area contributed by atoms with E-state index in [1.807, 2.05) is 0 Å². The van der Waals surface area contributed by atoms with E-state index in [9.17, 15) is 28.4 Å². The van der Waals surface area contributed by atoms with E-state index in [1.165, 1.54) is 6.07 Å². The number of benzene rings is 1. The number of pyridine rings is 1. The molecule has 2 aromatic heterocycles. The third kappa shape index (κ3) is 3.17. The van der Waals surface area contributed by atoms with Crippen LogP contribution in [0, 0.1) is 10.1 Å². The number of phenolic OH excluding ortho intramolecular Hbond substituents is 1. The highest BCUT2D eigenvalue weighted by atomic mass is 32.2. The average molecular weight is 378 g/mol. The normalized spacial score (nSPS) is 11.4. The van der Waals surface area contributed by atoms with Gasteiger partial charge < -0.3 is 14.6 Å². The number of nitro groups is 1. The van der Waals surface area contributed by atoms with Gasteiger partial charge in [-0.2, -0.15) is 4.98 Å². The molecular formula is C14H10N4O7S. The zero-order chi connectivity index (χ0) is 19.1. The molecule has 0 saturated carbocycles. The maximum atomic E-state index is 11.9. The molecule has 26 heavy (non-hydrogen) atoms. The van der Waals surface area contributed by atoms with Crippen LogP contribution >= 0.6 is 0 Å². The number of phenols is 1. The molecule has 2 heterocycles. The molecule has 0 amide bonds. The average Bonchev–Trinajstić information content (AvgIpc) is 3.03. The first-order chi connectivity index (χ1) is 12.2. The van der Waals surface area contributed by atoms with Crippen LogP contribution in [0.2, 0.25) is 0 Å². The maximum Gasteiger partial charge on any atom is 0.310 e. The van der Waals surface area contributed by atoms with Crippen molar-refractivity contribution < 1.29 is 23.0 Å². The van der Waals surface area contributed by atoms with Crippen LogP contribution < -0.4 is 5.56 Å². The molecule has 11 nitrogen and oxygen atoms in total. The van der Waals surface area contributed by atoms with Crippen molar-refractivity contribution in [2.75, 3.05) is 6.26 Å². The van der Waals surface area contributed by atoms with Crippen LogP contribution in [0.4, 0.5) is 5.69 Å². The van der Waals surface area contributed by atoms with Crippen molar-refractivity contribution in [1.82, 2.24) is 15.1 Å². The molecule has 0 bridgehead atoms. The number of nitrogens with zero attached hydrogens (tertiary/aromatic N) is 3. The number of aromatic amines is 1. The predicted octanol–water partition coefficient (Wildman–Crippen LogP) is 1.11. The summed E-state index contributed by atoms with van der Waals surface area (Å²) in [6.45, 7) is 0. The van der Waals surface area contributed by atoms with E-state index in [0.717, 1.165) is 30.7 Å². The second kappa shape index (κ2) is 6.07. The molecule has 12 heteroatoms. The van der Waals surface area contributed by atoms with Crippen LogP contribution in [0.5, 0.6) is 5.75 Å². The van der Waals surface area contributed by atoms with E-state index < -0.39 is 31.8 Å². The Hall–Kier alpha value is -3.54. The van der Waals surface area contributed by atoms with Crippen LogP contribution in [0.15, 0.2) is 44.7 Å². The quantitative estimate of drug-likeness (QED) is 0.498. The number of hydrogen-bond donors (Lipinski definition) is 2. The third-order valence-electron chi connectivity index (χ3n) is 3.39. The van der Waals surface area contributed by atoms with Crippen molar-refractivity contribution in [1.29, 1.82) is 0 Å². The Balaban J connectivity index is 2.05. The molecule has 0 atom stereocenters. The lowest BCUT2D eigenvalue weighted by Crippen LogP contribution is -2.11. The van der Waals surface area contributed by atoms with Gasteiger partial charge in [0, 0.05) is 24.1 Å². The number of hydrogen-bond acceptors (Lipinski definition) is 9. The molecule has 0 unspecified atom stereocenters. The van der Waals surface area contributed by atoms with Gasteiger partial charge in [-0.25, -0.2) is 8.42 Å². The fraction of sp³-hybridized carbons (Fsp3) is 0.0714. The molecular weight excluding hydrogens is 368 g/mol. The van der Waals surface area contributed by atoms with Crippen LogP contribution in [-0.2, 0) is 9.84 Å². The first-order valence-corrected chi connectivity index (χ1v) is 8.80. The highest BCUT2D eigenvalue weighted by Gasteiger charge is 2.19. The lowest BCUT2D eigenvalue weighted by atomic mass is 10.2. The molecule has 2 N–H and O–H groups in total. The molecule has 0 radical (unpaired) electrons. The standard InChI is InChI=1S/C14H10N4O7S/c1-26(23,24)8-5-9(13(20)15-6-8)12-16-14(25-17-12)7-2-3-10(18(21)22)11(19)4-7/h2-6,19H,1H3,(H,15,20). The number of nitrogens with one attached hydrogen (secondary N) is 1. The molecule has 0 spiro atoms. The van der Waals surface area contributed by atoms with E-state index in [2.05, 4.69) is 15.1 Å². The van der Waals surface area contributed by atoms with Gasteiger partial charge in [-0.05, 0) is 18.2 Å². The fourth-order valence-corrected chi connectivity index (χ4v) is 2.71. The summed E-state index contributed by atoms with van der Waals surface area (Å²) in [6.07, 6.45) is 2.03. The molecule has 0 saturated heterocycles. The van der Waals surface area contributed by atoms with Crippen molar-refractivity contribution >= 4 is 15.5 Å². The number of aromatic hydroxyl groups is 1. The van der Waals surface area contributed by atoms with Gasteiger partial charge in [0.1, 0.15) is 0 Å². The molecule has 3 aromatic rings. The Morgan fingerprint density at radius 3 is 2.65 bits per heavy atom. The highest BCUT2D eigenvalue weighted by Crippen LogP contribution is 2.31. The zero-order valence-electron chi connectivity index (χ0n) is 13.0. The highest BCUT2D eigenvalue weighted by molar-refractivity contribution is 7.90. The number of H-pyrrole nitrogens is 1. The van der Waals surface area contributed by atoms with E-state index >= 15 is 0 Å². The number of sulfone groups is 1. The van der Waals surface area contributed by atoms with Crippen molar-refractivity contribution in [2.24, 2.45) is 0 Å². The second-order valence-electron chi connectivity index (χ2n) is 5.23. The Morgan fingerprint density at radius 2 is 2.04 bits per heavy atom. The van der Waals surface area contributed by atoms with Crippen LogP contribution in [0.25, 0.3) is 22.8 Å². The van der Waals surface area contributed by atoms with E-state index in [4.69, 9.17) is 4.52 Å². The number of rotatable bonds is 4. The summed E-state index contributed by atoms with van der Waals surface area (Å²) in [5, 5.41) is 24.0. The van der Waals surface area contributed by atoms with Gasteiger partial charge in [-0.15, -0.1) is 0 Å². The summed E-state index contributed by atoms with van der Waals surface area (Å²) < 4.78 is 28.2. The molecule has 134 valence electrons. The lowest BCUT2D eigenvalue weighted by Gasteiger charge is -1.99. The van der Waals surface area contributed by atoms with E-state index in [-0.39, 0.29) is 27.7 Å². The topological polar surface area (TPSA) is 169 Å². The van der Waals surface area contributed by atoms with Crippen molar-refractivity contribution in [3.05, 3.63) is 50.9 Å². The predicted molar refractivity (Wildman–Crippen MR) is 87.2 cm³/mol. The van der Waals surface area contributed by atoms with Gasteiger partial charge in [-0.3, -0.25) is 14.9 Å². The zero-order valence-corrected chi connectivity index (χ0v) is 13.8. The van der Waals surface area contributed by atoms with Crippen LogP contribution in [0.3, 0.4) is 0 Å². The van der Waals surface area contributed by atoms with Crippen LogP contribution in [0.1, 0.15) is 0 Å². The Labute approximate surface area is 145 Å². The maximum absolute atomic E-state index is 11.9. The lowest BCUT2D eigenvalue weighted by molar-refractivity contribution is -0.385. The SMILES string of the molecule is CS(=O)(=O)c1c[nH]c(=O)c(-c2noc(-c3ccc([N+](=O)[O-])c(O)c3)n2)c1. The van der Waals surface area contributed by atoms with Gasteiger partial charge in [0.05, 0.1) is 15.4 Å². The van der Waals surface area contributed by atoms with Gasteiger partial charge >= 0.3 is 5.69 Å². The summed E-state index contributed by atoms with van der Waals surface area (Å²) >= 11 is 0. The van der Waals surface area contributed by atoms with Gasteiger partial charge in [0.15, 0.2) is 15.6 Å². The minimum atomic E-state index is -3.57. The monoisotopic (exact) mass is 378 g/mol. The van der Waals surface area contributed by atoms with Crippen LogP contribution in [-0.4, -0.2) is 39.8 Å². The summed E-state index contributed by atoms with van der Waals surface area (Å²) in [4.78, 5) is 28.0. The number of nitro benzene ring substituents is 1. The summed E-state index contributed by atoms with van der Waals surface area (Å²) in [5.41, 5.74) is -1.07. The first-order valence-electron chi connectivity index (χ1n) is 6.91. The molecule has 0 aliphatic heterocycles. The van der Waals surface area contributed by atoms with Gasteiger partial charge in [0.2, 0.25) is 5.82 Å². The smallest absolute Gasteiger partial charge is 0.310 e. The molecule has 0 aliphatic carbocycles. The van der Waals surface area contributed by atoms with Crippen molar-refractivity contribution in [3.63, 3.8) is 0 Å². The minimum absolute atomic E-state index is 0.116. The molecule has 1 aromatic carbocycles. The molecule has 0 fully saturated rings. The summed E-state index contributed by atoms with van der Waals surface area (Å²) in [5.74, 6) is -0.886. The van der Waals surface area contributed by atoms with E-state index in [0.29, 0.717) is 0 Å². The van der Waals surface area contributed by atoms with Crippen molar-refractivity contribution in [2.45, 2.75) is 4.90 Å². The van der Waals surface area contributed by atoms with Gasteiger partial charge in [-0.1, -0.05) is 5.16 Å². The fourth-order valence-electron chi connectivity index (χ4n) is 2.11. The summed E-state index contributed by atoms with van der Waals surface area (Å²) in [6, 6.07) is 4.51. The number of aromatic nitrogens is 3. The Bertz CT molecular complexity index is 1180. The molecule has 3 rings (SSSR count). The van der Waals surface area contributed by atoms with E-state index in [1.54, 1.807) is 0 Å². The third-order valence-corrected chi connectivity index (χ3v) is 4.48. The minimum Gasteiger partial charge on any atom is -0.502 e. The Kier molecular flexibility index (Phi) is 4.04. The van der Waals surface area contributed by atoms with Gasteiger partial charge in [0.25, 0.3) is 11.4 Å². The largest absolute Gasteiger partial charge is 0.502 e. The van der Waals surface area contributed by atoms with Crippen molar-refractivity contribution in [3.8, 4) is 28.6 Å². The second-order valence-corrected chi connectivity index (χ2v) is 7.25. The molecule has 0 aliphatic rings. The summed E-state index contributed by atoms with van der Waals surface area (Å²) in [7, 11) is -3.57. The first kappa shape index (κ1) is 17.3. The Morgan fingerprint density at radius 1 is 1.31 bits per heavy atom.